The average molecular weight is 665 g/mol. The van der Waals surface area contributed by atoms with Crippen LogP contribution < -0.4 is 9.47 Å². The third-order valence-electron chi connectivity index (χ3n) is 9.65. The Morgan fingerprint density at radius 1 is 1.02 bits per heavy atom. The molecular weight excluding hydrogens is 631 g/mol. The molecule has 49 heavy (non-hydrogen) atoms. The fraction of sp³-hybridized carbons (Fsp3) is 0.263. The molecule has 250 valence electrons. The predicted octanol–water partition coefficient (Wildman–Crippen LogP) is 5.60. The van der Waals surface area contributed by atoms with Crippen LogP contribution in [0, 0.1) is 17.7 Å². The zero-order valence-electron chi connectivity index (χ0n) is 26.8. The number of fused-ring (bicyclic) bond motifs is 4. The average Bonchev–Trinajstić information content (AvgIpc) is 3.52. The number of nitrogens with zero attached hydrogens (tertiary/aromatic N) is 2. The van der Waals surface area contributed by atoms with Gasteiger partial charge >= 0.3 is 0 Å². The van der Waals surface area contributed by atoms with Gasteiger partial charge < -0.3 is 24.2 Å². The number of hydrogen-bond donors (Lipinski definition) is 2. The topological polar surface area (TPSA) is 139 Å². The van der Waals surface area contributed by atoms with Gasteiger partial charge in [-0.05, 0) is 67.4 Å². The molecule has 3 aromatic carbocycles. The van der Waals surface area contributed by atoms with Crippen molar-refractivity contribution in [3.8, 4) is 11.6 Å². The molecule has 0 amide bonds. The fourth-order valence-electron chi connectivity index (χ4n) is 7.43. The van der Waals surface area contributed by atoms with Crippen LogP contribution in [-0.2, 0) is 24.4 Å². The summed E-state index contributed by atoms with van der Waals surface area (Å²) in [4.78, 5) is 41.8. The summed E-state index contributed by atoms with van der Waals surface area (Å²) >= 11 is 0. The van der Waals surface area contributed by atoms with Crippen LogP contribution in [0.5, 0.6) is 11.6 Å². The van der Waals surface area contributed by atoms with Gasteiger partial charge in [-0.1, -0.05) is 60.7 Å². The van der Waals surface area contributed by atoms with E-state index in [-0.39, 0.29) is 71.3 Å². The molecule has 7 rings (SSSR count). The van der Waals surface area contributed by atoms with Crippen LogP contribution in [0.4, 0.5) is 4.39 Å². The van der Waals surface area contributed by atoms with Crippen LogP contribution >= 0.6 is 0 Å². The van der Waals surface area contributed by atoms with Crippen LogP contribution in [0.1, 0.15) is 61.2 Å². The van der Waals surface area contributed by atoms with E-state index in [1.165, 1.54) is 12.1 Å². The van der Waals surface area contributed by atoms with E-state index in [1.807, 2.05) is 60.7 Å². The Balaban J connectivity index is 1.33. The standard InChI is InChI=1S/C38H33FN2O8/c1-41(2)31-26-17-24-16-25-27(39)18-23(14-9-15-42)33(47-19-21-10-5-3-6-11-21)29(25)32(43)28(24)35(44)38(26,46)36(45)30-34(31)49-40-37(30)48-20-22-12-7-4-8-13-22/h3-15,18,24,26,31,44,46H,16-17,19-20H2,1-2H3/b14-9+/t24-,26-,31-,38-/m0/s1. The lowest BCUT2D eigenvalue weighted by Gasteiger charge is -2.49. The number of ketones is 2. The van der Waals surface area contributed by atoms with Crippen molar-refractivity contribution in [2.45, 2.75) is 37.7 Å². The second kappa shape index (κ2) is 12.6. The van der Waals surface area contributed by atoms with Crippen molar-refractivity contribution in [1.29, 1.82) is 0 Å². The highest BCUT2D eigenvalue weighted by molar-refractivity contribution is 6.16. The fourth-order valence-corrected chi connectivity index (χ4v) is 7.43. The Kier molecular flexibility index (Phi) is 8.25. The number of carbonyl (C=O) groups is 3. The summed E-state index contributed by atoms with van der Waals surface area (Å²) < 4.78 is 33.6. The largest absolute Gasteiger partial charge is 0.508 e. The quantitative estimate of drug-likeness (QED) is 0.172. The van der Waals surface area contributed by atoms with Gasteiger partial charge in [0.15, 0.2) is 17.1 Å². The highest BCUT2D eigenvalue weighted by atomic mass is 19.1. The molecule has 4 aromatic rings. The number of aliphatic hydroxyl groups excluding tert-OH is 1. The van der Waals surface area contributed by atoms with Crippen molar-refractivity contribution in [1.82, 2.24) is 10.1 Å². The van der Waals surface area contributed by atoms with Gasteiger partial charge in [-0.15, -0.1) is 0 Å². The number of hydrogen-bond acceptors (Lipinski definition) is 10. The Morgan fingerprint density at radius 3 is 2.31 bits per heavy atom. The van der Waals surface area contributed by atoms with Gasteiger partial charge in [-0.25, -0.2) is 4.39 Å². The monoisotopic (exact) mass is 664 g/mol. The minimum atomic E-state index is -2.55. The molecule has 0 unspecified atom stereocenters. The highest BCUT2D eigenvalue weighted by Gasteiger charge is 2.64. The van der Waals surface area contributed by atoms with Gasteiger partial charge in [0.1, 0.15) is 42.4 Å². The second-order valence-corrected chi connectivity index (χ2v) is 12.7. The van der Waals surface area contributed by atoms with Crippen molar-refractivity contribution in [3.63, 3.8) is 0 Å². The molecule has 0 radical (unpaired) electrons. The number of Topliss-reactive ketones (excluding diaryl/α,β-unsaturated/α-hetero) is 2. The Bertz CT molecular complexity index is 2020. The summed E-state index contributed by atoms with van der Waals surface area (Å²) in [7, 11) is 3.47. The first-order chi connectivity index (χ1) is 23.6. The lowest BCUT2D eigenvalue weighted by molar-refractivity contribution is -0.104. The molecule has 10 nitrogen and oxygen atoms in total. The van der Waals surface area contributed by atoms with Crippen LogP contribution in [0.2, 0.25) is 0 Å². The van der Waals surface area contributed by atoms with Crippen LogP contribution in [0.3, 0.4) is 0 Å². The summed E-state index contributed by atoms with van der Waals surface area (Å²) in [5.74, 6) is -4.84. The zero-order valence-corrected chi connectivity index (χ0v) is 26.8. The minimum absolute atomic E-state index is 0.0126. The predicted molar refractivity (Wildman–Crippen MR) is 175 cm³/mol. The van der Waals surface area contributed by atoms with E-state index in [0.29, 0.717) is 6.29 Å². The summed E-state index contributed by atoms with van der Waals surface area (Å²) in [6.45, 7) is 0.0871. The maximum Gasteiger partial charge on any atom is 0.265 e. The Hall–Kier alpha value is -5.39. The lowest BCUT2D eigenvalue weighted by Crippen LogP contribution is -2.59. The number of rotatable bonds is 9. The van der Waals surface area contributed by atoms with Crippen LogP contribution in [0.15, 0.2) is 88.7 Å². The normalized spacial score (nSPS) is 22.8. The van der Waals surface area contributed by atoms with Gasteiger partial charge in [0.2, 0.25) is 5.78 Å². The third-order valence-corrected chi connectivity index (χ3v) is 9.65. The van der Waals surface area contributed by atoms with Gasteiger partial charge in [0.25, 0.3) is 5.88 Å². The SMILES string of the molecule is CN(C)[C@@H]1c2onc(OCc3ccccc3)c2C(=O)[C@@]2(O)C(O)=C3C(=O)c4c(c(F)cc(/C=C/C=O)c4OCc4ccccc4)C[C@H]3C[C@@H]12. The van der Waals surface area contributed by atoms with Crippen LogP contribution in [0.25, 0.3) is 6.08 Å². The first-order valence-electron chi connectivity index (χ1n) is 15.9. The molecule has 3 aliphatic carbocycles. The van der Waals surface area contributed by atoms with Gasteiger partial charge in [0, 0.05) is 22.6 Å². The number of ether oxygens (including phenoxy) is 2. The first kappa shape index (κ1) is 32.2. The lowest BCUT2D eigenvalue weighted by atomic mass is 9.58. The molecule has 0 spiro atoms. The van der Waals surface area contributed by atoms with E-state index in [2.05, 4.69) is 5.16 Å². The number of halogens is 1. The zero-order chi connectivity index (χ0) is 34.4. The molecule has 1 aromatic heterocycles. The van der Waals surface area contributed by atoms with Crippen molar-refractivity contribution < 1.29 is 43.0 Å². The number of aliphatic hydroxyl groups is 2. The van der Waals surface area contributed by atoms with E-state index >= 15 is 4.39 Å². The Labute approximate surface area is 281 Å². The maximum absolute atomic E-state index is 15.8. The number of carbonyl (C=O) groups excluding carboxylic acids is 3. The molecule has 0 saturated heterocycles. The number of benzene rings is 3. The van der Waals surface area contributed by atoms with E-state index in [0.717, 1.165) is 17.2 Å². The molecule has 4 atom stereocenters. The van der Waals surface area contributed by atoms with Gasteiger partial charge in [-0.3, -0.25) is 19.3 Å². The second-order valence-electron chi connectivity index (χ2n) is 12.7. The van der Waals surface area contributed by atoms with E-state index in [1.54, 1.807) is 19.0 Å². The van der Waals surface area contributed by atoms with Gasteiger partial charge in [0.05, 0.1) is 11.6 Å². The summed E-state index contributed by atoms with van der Waals surface area (Å²) in [6, 6.07) is 18.8. The van der Waals surface area contributed by atoms with Crippen molar-refractivity contribution in [2.24, 2.45) is 11.8 Å². The molecule has 0 fully saturated rings. The number of allylic oxidation sites excluding steroid dienone is 2. The summed E-state index contributed by atoms with van der Waals surface area (Å²) in [5, 5.41) is 28.3. The molecule has 0 saturated carbocycles. The number of aldehydes is 1. The molecule has 11 heteroatoms. The maximum atomic E-state index is 15.8. The van der Waals surface area contributed by atoms with Crippen LogP contribution in [-0.4, -0.2) is 57.8 Å². The molecule has 3 aliphatic rings. The molecule has 0 bridgehead atoms. The third kappa shape index (κ3) is 5.26. The Morgan fingerprint density at radius 2 is 1.67 bits per heavy atom. The highest BCUT2D eigenvalue weighted by Crippen LogP contribution is 2.56. The summed E-state index contributed by atoms with van der Waals surface area (Å²) in [6.07, 6.45) is 3.05. The smallest absolute Gasteiger partial charge is 0.265 e. The molecule has 0 aliphatic heterocycles. The summed E-state index contributed by atoms with van der Waals surface area (Å²) in [5.41, 5.74) is -1.17. The number of aromatic nitrogens is 1. The molecule has 1 heterocycles. The van der Waals surface area contributed by atoms with Crippen molar-refractivity contribution in [3.05, 3.63) is 129 Å². The molecular formula is C38H33FN2O8. The molecule has 2 N–H and O–H groups in total. The van der Waals surface area contributed by atoms with E-state index in [4.69, 9.17) is 14.0 Å². The van der Waals surface area contributed by atoms with Crippen molar-refractivity contribution in [2.75, 3.05) is 14.1 Å². The van der Waals surface area contributed by atoms with Gasteiger partial charge in [-0.2, -0.15) is 0 Å². The van der Waals surface area contributed by atoms with Crippen molar-refractivity contribution >= 4 is 23.9 Å². The van der Waals surface area contributed by atoms with E-state index in [9.17, 15) is 24.6 Å². The minimum Gasteiger partial charge on any atom is -0.508 e. The van der Waals surface area contributed by atoms with E-state index < -0.39 is 46.6 Å². The first-order valence-corrected chi connectivity index (χ1v) is 15.9.